The summed E-state index contributed by atoms with van der Waals surface area (Å²) >= 11 is 0. The average molecular weight is 267 g/mol. The van der Waals surface area contributed by atoms with E-state index in [9.17, 15) is 0 Å². The molecule has 0 saturated heterocycles. The molecule has 0 atom stereocenters. The normalized spacial score (nSPS) is 10.4. The van der Waals surface area contributed by atoms with Gasteiger partial charge in [-0.25, -0.2) is 0 Å². The van der Waals surface area contributed by atoms with E-state index in [0.717, 1.165) is 16.9 Å². The summed E-state index contributed by atoms with van der Waals surface area (Å²) in [4.78, 5) is 8.34. The minimum atomic E-state index is 0.510. The second kappa shape index (κ2) is 5.52. The zero-order valence-corrected chi connectivity index (χ0v) is 11.0. The number of pyridine rings is 1. The molecule has 0 fully saturated rings. The zero-order valence-electron chi connectivity index (χ0n) is 11.0. The molecule has 0 spiro atoms. The Labute approximate surface area is 116 Å². The number of nitrogens with zero attached hydrogens (tertiary/aromatic N) is 3. The molecule has 0 radical (unpaired) electrons. The Bertz CT molecular complexity index is 678. The maximum Gasteiger partial charge on any atom is 0.258 e. The summed E-state index contributed by atoms with van der Waals surface area (Å²) in [5.74, 6) is 2.00. The molecule has 0 aliphatic rings. The lowest BCUT2D eigenvalue weighted by molar-refractivity contribution is 0.414. The minimum absolute atomic E-state index is 0.510. The molecule has 0 bridgehead atoms. The van der Waals surface area contributed by atoms with Crippen molar-refractivity contribution in [2.45, 2.75) is 6.42 Å². The van der Waals surface area contributed by atoms with Gasteiger partial charge in [-0.3, -0.25) is 4.98 Å². The number of aromatic nitrogens is 3. The van der Waals surface area contributed by atoms with Crippen molar-refractivity contribution in [2.75, 3.05) is 7.11 Å². The topological polar surface area (TPSA) is 61.0 Å². The van der Waals surface area contributed by atoms with Crippen LogP contribution in [0, 0.1) is 0 Å². The second-order valence-electron chi connectivity index (χ2n) is 4.28. The van der Waals surface area contributed by atoms with Crippen LogP contribution in [0.3, 0.4) is 0 Å². The molecule has 0 aliphatic heterocycles. The Morgan fingerprint density at radius 1 is 1.05 bits per heavy atom. The van der Waals surface area contributed by atoms with Gasteiger partial charge >= 0.3 is 0 Å². The van der Waals surface area contributed by atoms with Crippen LogP contribution in [0.1, 0.15) is 11.4 Å². The summed E-state index contributed by atoms with van der Waals surface area (Å²) in [5.41, 5.74) is 1.97. The highest BCUT2D eigenvalue weighted by molar-refractivity contribution is 5.51. The first kappa shape index (κ1) is 12.3. The first-order chi connectivity index (χ1) is 9.85. The molecular formula is C15H13N3O2. The first-order valence-corrected chi connectivity index (χ1v) is 6.21. The van der Waals surface area contributed by atoms with Crippen molar-refractivity contribution in [1.82, 2.24) is 15.1 Å². The third-order valence-corrected chi connectivity index (χ3v) is 2.92. The Morgan fingerprint density at radius 2 is 1.80 bits per heavy atom. The van der Waals surface area contributed by atoms with E-state index in [4.69, 9.17) is 9.26 Å². The molecule has 0 saturated carbocycles. The molecule has 1 aromatic carbocycles. The third-order valence-electron chi connectivity index (χ3n) is 2.92. The zero-order chi connectivity index (χ0) is 13.8. The molecule has 20 heavy (non-hydrogen) atoms. The standard InChI is InChI=1S/C15H13N3O2/c1-19-13-4-2-11(3-5-13)10-14-17-15(20-18-14)12-6-8-16-9-7-12/h2-9H,10H2,1H3. The summed E-state index contributed by atoms with van der Waals surface area (Å²) in [7, 11) is 1.65. The van der Waals surface area contributed by atoms with Crippen LogP contribution in [0.15, 0.2) is 53.3 Å². The van der Waals surface area contributed by atoms with Crippen molar-refractivity contribution < 1.29 is 9.26 Å². The van der Waals surface area contributed by atoms with Crippen molar-refractivity contribution in [2.24, 2.45) is 0 Å². The van der Waals surface area contributed by atoms with Gasteiger partial charge in [-0.2, -0.15) is 4.98 Å². The lowest BCUT2D eigenvalue weighted by atomic mass is 10.1. The van der Waals surface area contributed by atoms with Gasteiger partial charge in [0.05, 0.1) is 7.11 Å². The van der Waals surface area contributed by atoms with E-state index < -0.39 is 0 Å². The van der Waals surface area contributed by atoms with Gasteiger partial charge in [0.15, 0.2) is 5.82 Å². The van der Waals surface area contributed by atoms with Crippen LogP contribution >= 0.6 is 0 Å². The monoisotopic (exact) mass is 267 g/mol. The fourth-order valence-corrected chi connectivity index (χ4v) is 1.86. The van der Waals surface area contributed by atoms with Crippen molar-refractivity contribution in [3.63, 3.8) is 0 Å². The van der Waals surface area contributed by atoms with E-state index in [1.54, 1.807) is 19.5 Å². The van der Waals surface area contributed by atoms with Crippen LogP contribution in [0.5, 0.6) is 5.75 Å². The van der Waals surface area contributed by atoms with Gasteiger partial charge in [-0.1, -0.05) is 17.3 Å². The molecule has 0 unspecified atom stereocenters. The molecule has 5 heteroatoms. The molecule has 0 amide bonds. The van der Waals surface area contributed by atoms with Crippen LogP contribution in [0.4, 0.5) is 0 Å². The second-order valence-corrected chi connectivity index (χ2v) is 4.28. The highest BCUT2D eigenvalue weighted by Gasteiger charge is 2.09. The molecule has 2 aromatic heterocycles. The molecule has 3 aromatic rings. The lowest BCUT2D eigenvalue weighted by Crippen LogP contribution is -1.91. The van der Waals surface area contributed by atoms with Gasteiger partial charge in [-0.15, -0.1) is 0 Å². The minimum Gasteiger partial charge on any atom is -0.497 e. The number of hydrogen-bond acceptors (Lipinski definition) is 5. The van der Waals surface area contributed by atoms with E-state index in [1.165, 1.54) is 0 Å². The van der Waals surface area contributed by atoms with Gasteiger partial charge in [0.2, 0.25) is 0 Å². The number of hydrogen-bond donors (Lipinski definition) is 0. The van der Waals surface area contributed by atoms with E-state index >= 15 is 0 Å². The van der Waals surface area contributed by atoms with Crippen LogP contribution in [0.2, 0.25) is 0 Å². The van der Waals surface area contributed by atoms with Gasteiger partial charge in [0.1, 0.15) is 5.75 Å². The molecule has 3 rings (SSSR count). The van der Waals surface area contributed by atoms with Gasteiger partial charge < -0.3 is 9.26 Å². The summed E-state index contributed by atoms with van der Waals surface area (Å²) in [6, 6.07) is 11.5. The molecule has 0 N–H and O–H groups in total. The van der Waals surface area contributed by atoms with Crippen LogP contribution in [0.25, 0.3) is 11.5 Å². The number of methoxy groups -OCH3 is 1. The smallest absolute Gasteiger partial charge is 0.258 e. The van der Waals surface area contributed by atoms with Crippen LogP contribution in [-0.4, -0.2) is 22.2 Å². The number of rotatable bonds is 4. The molecule has 0 aliphatic carbocycles. The Balaban J connectivity index is 1.77. The summed E-state index contributed by atoms with van der Waals surface area (Å²) in [5, 5.41) is 3.99. The SMILES string of the molecule is COc1ccc(Cc2noc(-c3ccncc3)n2)cc1. The lowest BCUT2D eigenvalue weighted by Gasteiger charge is -2.00. The number of ether oxygens (including phenoxy) is 1. The van der Waals surface area contributed by atoms with Crippen LogP contribution < -0.4 is 4.74 Å². The number of benzene rings is 1. The third kappa shape index (κ3) is 2.66. The van der Waals surface area contributed by atoms with Gasteiger partial charge in [-0.05, 0) is 29.8 Å². The predicted octanol–water partition coefficient (Wildman–Crippen LogP) is 2.73. The van der Waals surface area contributed by atoms with Crippen molar-refractivity contribution >= 4 is 0 Å². The molecule has 5 nitrogen and oxygen atoms in total. The average Bonchev–Trinajstić information content (AvgIpc) is 2.97. The largest absolute Gasteiger partial charge is 0.497 e. The van der Waals surface area contributed by atoms with Crippen molar-refractivity contribution in [3.8, 4) is 17.2 Å². The maximum atomic E-state index is 5.25. The van der Waals surface area contributed by atoms with Crippen LogP contribution in [-0.2, 0) is 6.42 Å². The highest BCUT2D eigenvalue weighted by Crippen LogP contribution is 2.18. The van der Waals surface area contributed by atoms with Gasteiger partial charge in [0.25, 0.3) is 5.89 Å². The molecule has 100 valence electrons. The van der Waals surface area contributed by atoms with E-state index in [-0.39, 0.29) is 0 Å². The predicted molar refractivity (Wildman–Crippen MR) is 73.3 cm³/mol. The quantitative estimate of drug-likeness (QED) is 0.727. The summed E-state index contributed by atoms with van der Waals surface area (Å²) in [6.45, 7) is 0. The Morgan fingerprint density at radius 3 is 2.50 bits per heavy atom. The van der Waals surface area contributed by atoms with E-state index in [0.29, 0.717) is 18.1 Å². The summed E-state index contributed by atoms with van der Waals surface area (Å²) < 4.78 is 10.4. The van der Waals surface area contributed by atoms with Gasteiger partial charge in [0, 0.05) is 24.4 Å². The van der Waals surface area contributed by atoms with Crippen molar-refractivity contribution in [3.05, 3.63) is 60.2 Å². The first-order valence-electron chi connectivity index (χ1n) is 6.21. The summed E-state index contributed by atoms with van der Waals surface area (Å²) in [6.07, 6.45) is 4.02. The maximum absolute atomic E-state index is 5.25. The van der Waals surface area contributed by atoms with Crippen molar-refractivity contribution in [1.29, 1.82) is 0 Å². The fourth-order valence-electron chi connectivity index (χ4n) is 1.86. The Kier molecular flexibility index (Phi) is 3.41. The Hall–Kier alpha value is -2.69. The van der Waals surface area contributed by atoms with E-state index in [1.807, 2.05) is 36.4 Å². The van der Waals surface area contributed by atoms with E-state index in [2.05, 4.69) is 15.1 Å². The fraction of sp³-hybridized carbons (Fsp3) is 0.133. The highest BCUT2D eigenvalue weighted by atomic mass is 16.5. The molecule has 2 heterocycles. The molecular weight excluding hydrogens is 254 g/mol.